The first-order valence-corrected chi connectivity index (χ1v) is 8.40. The van der Waals surface area contributed by atoms with Gasteiger partial charge in [-0.2, -0.15) is 0 Å². The highest BCUT2D eigenvalue weighted by Gasteiger charge is 2.12. The minimum absolute atomic E-state index is 0.284. The zero-order valence-electron chi connectivity index (χ0n) is 13.2. The van der Waals surface area contributed by atoms with E-state index >= 15 is 0 Å². The number of fused-ring (bicyclic) bond motifs is 1. The topological polar surface area (TPSA) is 84.0 Å². The first-order chi connectivity index (χ1) is 11.5. The van der Waals surface area contributed by atoms with E-state index in [1.165, 1.54) is 11.3 Å². The van der Waals surface area contributed by atoms with Gasteiger partial charge in [0.1, 0.15) is 11.4 Å². The molecule has 3 aromatic rings. The number of hydrogen-bond acceptors (Lipinski definition) is 4. The average Bonchev–Trinajstić information content (AvgIpc) is 2.93. The van der Waals surface area contributed by atoms with Gasteiger partial charge in [0, 0.05) is 11.4 Å². The highest BCUT2D eigenvalue weighted by atomic mass is 32.1. The van der Waals surface area contributed by atoms with Gasteiger partial charge in [-0.1, -0.05) is 30.3 Å². The standard InChI is InChI=1S/C17H17N3O3S/c1-11-9-13-15(24-11)19-17(23)20(16(13)22)10-14(21)18-8-7-12-5-3-2-4-6-12/h2-6,9H,7-8,10H2,1H3,(H,18,21)(H,19,23). The molecular weight excluding hydrogens is 326 g/mol. The molecule has 0 unspecified atom stereocenters. The first kappa shape index (κ1) is 16.2. The maximum atomic E-state index is 12.4. The van der Waals surface area contributed by atoms with E-state index in [0.717, 1.165) is 15.0 Å². The molecule has 0 aliphatic rings. The molecule has 0 aliphatic carbocycles. The van der Waals surface area contributed by atoms with Gasteiger partial charge in [-0.3, -0.25) is 19.1 Å². The number of nitrogens with one attached hydrogen (secondary N) is 2. The summed E-state index contributed by atoms with van der Waals surface area (Å²) in [7, 11) is 0. The van der Waals surface area contributed by atoms with Gasteiger partial charge in [0.25, 0.3) is 5.56 Å². The van der Waals surface area contributed by atoms with Gasteiger partial charge in [0.15, 0.2) is 0 Å². The third-order valence-electron chi connectivity index (χ3n) is 3.68. The second-order valence-electron chi connectivity index (χ2n) is 5.51. The molecule has 0 atom stereocenters. The molecule has 0 bridgehead atoms. The Hall–Kier alpha value is -2.67. The number of hydrogen-bond donors (Lipinski definition) is 2. The Morgan fingerprint density at radius 2 is 2.00 bits per heavy atom. The number of aromatic nitrogens is 2. The van der Waals surface area contributed by atoms with Gasteiger partial charge >= 0.3 is 5.69 Å². The molecule has 0 saturated heterocycles. The summed E-state index contributed by atoms with van der Waals surface area (Å²) in [5, 5.41) is 3.18. The van der Waals surface area contributed by atoms with Crippen LogP contribution >= 0.6 is 11.3 Å². The van der Waals surface area contributed by atoms with Crippen molar-refractivity contribution in [3.63, 3.8) is 0 Å². The second kappa shape index (κ2) is 6.84. The largest absolute Gasteiger partial charge is 0.354 e. The number of carbonyl (C=O) groups is 1. The fourth-order valence-electron chi connectivity index (χ4n) is 2.50. The lowest BCUT2D eigenvalue weighted by Gasteiger charge is -2.07. The Labute approximate surface area is 141 Å². The Morgan fingerprint density at radius 1 is 1.25 bits per heavy atom. The van der Waals surface area contributed by atoms with Gasteiger partial charge in [0.05, 0.1) is 5.39 Å². The van der Waals surface area contributed by atoms with Gasteiger partial charge in [-0.25, -0.2) is 4.79 Å². The van der Waals surface area contributed by atoms with Gasteiger partial charge in [0.2, 0.25) is 5.91 Å². The zero-order chi connectivity index (χ0) is 17.1. The van der Waals surface area contributed by atoms with Gasteiger partial charge < -0.3 is 5.32 Å². The Balaban J connectivity index is 1.69. The van der Waals surface area contributed by atoms with Crippen LogP contribution in [0.25, 0.3) is 10.2 Å². The number of aromatic amines is 1. The third-order valence-corrected chi connectivity index (χ3v) is 4.64. The SMILES string of the molecule is Cc1cc2c(=O)n(CC(=O)NCCc3ccccc3)c(=O)[nH]c2s1. The molecule has 1 aromatic carbocycles. The first-order valence-electron chi connectivity index (χ1n) is 7.58. The van der Waals surface area contributed by atoms with Crippen molar-refractivity contribution in [2.24, 2.45) is 0 Å². The highest BCUT2D eigenvalue weighted by molar-refractivity contribution is 7.18. The van der Waals surface area contributed by atoms with E-state index in [-0.39, 0.29) is 12.5 Å². The fraction of sp³-hybridized carbons (Fsp3) is 0.235. The van der Waals surface area contributed by atoms with Crippen LogP contribution in [0.3, 0.4) is 0 Å². The second-order valence-corrected chi connectivity index (χ2v) is 6.76. The third kappa shape index (κ3) is 3.46. The summed E-state index contributed by atoms with van der Waals surface area (Å²) >= 11 is 1.35. The van der Waals surface area contributed by atoms with Crippen LogP contribution in [0.15, 0.2) is 46.0 Å². The number of aryl methyl sites for hydroxylation is 1. The molecular formula is C17H17N3O3S. The minimum atomic E-state index is -0.562. The molecule has 0 radical (unpaired) electrons. The summed E-state index contributed by atoms with van der Waals surface area (Å²) in [4.78, 5) is 40.5. The summed E-state index contributed by atoms with van der Waals surface area (Å²) in [6, 6.07) is 11.5. The van der Waals surface area contributed by atoms with Crippen LogP contribution in [0.5, 0.6) is 0 Å². The summed E-state index contributed by atoms with van der Waals surface area (Å²) in [6.07, 6.45) is 0.695. The number of nitrogens with zero attached hydrogens (tertiary/aromatic N) is 1. The Bertz CT molecular complexity index is 986. The summed E-state index contributed by atoms with van der Waals surface area (Å²) in [5.74, 6) is -0.357. The molecule has 2 heterocycles. The summed E-state index contributed by atoms with van der Waals surface area (Å²) in [6.45, 7) is 2.03. The Morgan fingerprint density at radius 3 is 2.75 bits per heavy atom. The molecule has 0 fully saturated rings. The smallest absolute Gasteiger partial charge is 0.329 e. The lowest BCUT2D eigenvalue weighted by molar-refractivity contribution is -0.121. The van der Waals surface area contributed by atoms with Crippen molar-refractivity contribution in [2.45, 2.75) is 19.9 Å². The van der Waals surface area contributed by atoms with Crippen molar-refractivity contribution in [1.82, 2.24) is 14.9 Å². The van der Waals surface area contributed by atoms with E-state index in [4.69, 9.17) is 0 Å². The lowest BCUT2D eigenvalue weighted by atomic mass is 10.1. The van der Waals surface area contributed by atoms with E-state index in [1.54, 1.807) is 6.07 Å². The fourth-order valence-corrected chi connectivity index (χ4v) is 3.40. The van der Waals surface area contributed by atoms with Crippen LogP contribution in [-0.2, 0) is 17.8 Å². The van der Waals surface area contributed by atoms with E-state index in [9.17, 15) is 14.4 Å². The molecule has 2 N–H and O–H groups in total. The van der Waals surface area contributed by atoms with Crippen molar-refractivity contribution in [3.8, 4) is 0 Å². The lowest BCUT2D eigenvalue weighted by Crippen LogP contribution is -2.40. The van der Waals surface area contributed by atoms with Gasteiger partial charge in [-0.05, 0) is 25.0 Å². The van der Waals surface area contributed by atoms with Crippen molar-refractivity contribution in [2.75, 3.05) is 6.54 Å². The zero-order valence-corrected chi connectivity index (χ0v) is 14.0. The molecule has 7 heteroatoms. The predicted molar refractivity (Wildman–Crippen MR) is 94.6 cm³/mol. The van der Waals surface area contributed by atoms with E-state index < -0.39 is 11.2 Å². The van der Waals surface area contributed by atoms with Crippen LogP contribution in [0.2, 0.25) is 0 Å². The van der Waals surface area contributed by atoms with Crippen molar-refractivity contribution < 1.29 is 4.79 Å². The van der Waals surface area contributed by atoms with E-state index in [2.05, 4.69) is 10.3 Å². The predicted octanol–water partition coefficient (Wildman–Crippen LogP) is 1.42. The number of rotatable bonds is 5. The Kier molecular flexibility index (Phi) is 4.61. The molecule has 24 heavy (non-hydrogen) atoms. The number of benzene rings is 1. The molecule has 3 rings (SSSR count). The van der Waals surface area contributed by atoms with Crippen LogP contribution < -0.4 is 16.6 Å². The van der Waals surface area contributed by atoms with Crippen LogP contribution in [-0.4, -0.2) is 22.0 Å². The van der Waals surface area contributed by atoms with Crippen LogP contribution in [0.1, 0.15) is 10.4 Å². The monoisotopic (exact) mass is 343 g/mol. The quantitative estimate of drug-likeness (QED) is 0.735. The normalized spacial score (nSPS) is 10.9. The summed E-state index contributed by atoms with van der Waals surface area (Å²) in [5.41, 5.74) is 0.117. The molecule has 124 valence electrons. The van der Waals surface area contributed by atoms with Gasteiger partial charge in [-0.15, -0.1) is 11.3 Å². The molecule has 2 aromatic heterocycles. The van der Waals surface area contributed by atoms with Crippen molar-refractivity contribution in [1.29, 1.82) is 0 Å². The van der Waals surface area contributed by atoms with Crippen LogP contribution in [0.4, 0.5) is 0 Å². The number of carbonyl (C=O) groups excluding carboxylic acids is 1. The molecule has 0 spiro atoms. The number of H-pyrrole nitrogens is 1. The summed E-state index contributed by atoms with van der Waals surface area (Å²) < 4.78 is 0.937. The molecule has 0 aliphatic heterocycles. The molecule has 6 nitrogen and oxygen atoms in total. The maximum Gasteiger partial charge on any atom is 0.329 e. The highest BCUT2D eigenvalue weighted by Crippen LogP contribution is 2.18. The number of thiophene rings is 1. The van der Waals surface area contributed by atoms with E-state index in [1.807, 2.05) is 37.3 Å². The molecule has 1 amide bonds. The van der Waals surface area contributed by atoms with Crippen molar-refractivity contribution >= 4 is 27.5 Å². The van der Waals surface area contributed by atoms with E-state index in [0.29, 0.717) is 23.2 Å². The molecule has 0 saturated carbocycles. The van der Waals surface area contributed by atoms with Crippen molar-refractivity contribution in [3.05, 3.63) is 67.7 Å². The number of amides is 1. The average molecular weight is 343 g/mol. The minimum Gasteiger partial charge on any atom is -0.354 e. The maximum absolute atomic E-state index is 12.4. The van der Waals surface area contributed by atoms with Crippen LogP contribution in [0, 0.1) is 6.92 Å².